The van der Waals surface area contributed by atoms with Gasteiger partial charge in [0.2, 0.25) is 5.91 Å². The number of nitrogens with one attached hydrogen (secondary N) is 3. The number of pyridine rings is 1. The van der Waals surface area contributed by atoms with Gasteiger partial charge in [0.1, 0.15) is 0 Å². The van der Waals surface area contributed by atoms with Gasteiger partial charge in [-0.1, -0.05) is 6.07 Å². The van der Waals surface area contributed by atoms with Crippen molar-refractivity contribution in [2.24, 2.45) is 0 Å². The molecular weight excluding hydrogens is 452 g/mol. The van der Waals surface area contributed by atoms with Crippen molar-refractivity contribution in [2.45, 2.75) is 13.0 Å². The van der Waals surface area contributed by atoms with Crippen LogP contribution in [0.25, 0.3) is 0 Å². The van der Waals surface area contributed by atoms with E-state index in [9.17, 15) is 14.4 Å². The number of furan rings is 1. The molecule has 0 bridgehead atoms. The highest BCUT2D eigenvalue weighted by Crippen LogP contribution is 2.17. The molecule has 0 aliphatic heterocycles. The second-order valence-corrected chi connectivity index (χ2v) is 7.06. The van der Waals surface area contributed by atoms with Crippen molar-refractivity contribution in [3.05, 3.63) is 82.5 Å². The van der Waals surface area contributed by atoms with Crippen molar-refractivity contribution < 1.29 is 18.8 Å². The van der Waals surface area contributed by atoms with E-state index in [1.54, 1.807) is 42.7 Å². The quantitative estimate of drug-likeness (QED) is 0.467. The predicted molar refractivity (Wildman–Crippen MR) is 114 cm³/mol. The van der Waals surface area contributed by atoms with E-state index in [4.69, 9.17) is 4.42 Å². The molecule has 3 aromatic rings. The molecule has 2 aromatic heterocycles. The Labute approximate surface area is 181 Å². The third-order valence-electron chi connectivity index (χ3n) is 4.06. The number of carbonyl (C=O) groups excluding carboxylic acids is 3. The highest BCUT2D eigenvalue weighted by atomic mass is 79.9. The Balaban J connectivity index is 1.45. The Morgan fingerprint density at radius 2 is 1.77 bits per heavy atom. The second kappa shape index (κ2) is 10.4. The number of nitrogens with zero attached hydrogens (tertiary/aromatic N) is 1. The number of anilines is 1. The first kappa shape index (κ1) is 21.3. The van der Waals surface area contributed by atoms with Crippen LogP contribution in [0.4, 0.5) is 5.69 Å². The van der Waals surface area contributed by atoms with Crippen LogP contribution in [0.15, 0.2) is 70.0 Å². The summed E-state index contributed by atoms with van der Waals surface area (Å²) in [5, 5.41) is 8.15. The molecule has 0 saturated carbocycles. The van der Waals surface area contributed by atoms with E-state index in [1.807, 2.05) is 12.1 Å². The van der Waals surface area contributed by atoms with Gasteiger partial charge in [-0.05, 0) is 64.0 Å². The van der Waals surface area contributed by atoms with Gasteiger partial charge in [0.15, 0.2) is 10.4 Å². The Hall–Kier alpha value is -3.46. The van der Waals surface area contributed by atoms with Gasteiger partial charge in [-0.3, -0.25) is 19.4 Å². The monoisotopic (exact) mass is 470 g/mol. The summed E-state index contributed by atoms with van der Waals surface area (Å²) in [6, 6.07) is 13.3. The number of halogens is 1. The van der Waals surface area contributed by atoms with Crippen molar-refractivity contribution in [3.63, 3.8) is 0 Å². The zero-order valence-electron chi connectivity index (χ0n) is 15.9. The maximum absolute atomic E-state index is 12.3. The maximum Gasteiger partial charge on any atom is 0.291 e. The number of hydrogen-bond donors (Lipinski definition) is 3. The molecule has 0 unspecified atom stereocenters. The zero-order valence-corrected chi connectivity index (χ0v) is 17.4. The third-order valence-corrected chi connectivity index (χ3v) is 4.48. The summed E-state index contributed by atoms with van der Waals surface area (Å²) in [7, 11) is 0. The van der Waals surface area contributed by atoms with Gasteiger partial charge >= 0.3 is 0 Å². The molecule has 0 fully saturated rings. The Bertz CT molecular complexity index is 1040. The lowest BCUT2D eigenvalue weighted by Crippen LogP contribution is -2.30. The number of rotatable bonds is 8. The summed E-state index contributed by atoms with van der Waals surface area (Å²) in [6.07, 6.45) is 3.47. The lowest BCUT2D eigenvalue weighted by Gasteiger charge is -2.08. The molecule has 8 nitrogen and oxygen atoms in total. The molecule has 3 rings (SSSR count). The van der Waals surface area contributed by atoms with Crippen LogP contribution in [-0.2, 0) is 11.3 Å². The molecule has 0 saturated heterocycles. The van der Waals surface area contributed by atoms with Crippen LogP contribution in [0, 0.1) is 0 Å². The fourth-order valence-electron chi connectivity index (χ4n) is 2.55. The van der Waals surface area contributed by atoms with Crippen LogP contribution in [0.1, 0.15) is 32.9 Å². The van der Waals surface area contributed by atoms with Crippen LogP contribution < -0.4 is 16.0 Å². The standard InChI is InChI=1S/C21H19BrN4O4/c22-18-5-4-17(30-18)21(29)26-16-3-1-2-15(12-16)20(28)24-11-8-19(27)25-13-14-6-9-23-10-7-14/h1-7,9-10,12H,8,11,13H2,(H,24,28)(H,25,27)(H,26,29). The summed E-state index contributed by atoms with van der Waals surface area (Å²) >= 11 is 3.14. The van der Waals surface area contributed by atoms with E-state index in [2.05, 4.69) is 36.9 Å². The molecule has 0 atom stereocenters. The van der Waals surface area contributed by atoms with Gasteiger partial charge in [-0.2, -0.15) is 0 Å². The predicted octanol–water partition coefficient (Wildman–Crippen LogP) is 3.13. The van der Waals surface area contributed by atoms with Gasteiger partial charge in [-0.15, -0.1) is 0 Å². The highest BCUT2D eigenvalue weighted by molar-refractivity contribution is 9.10. The number of aromatic nitrogens is 1. The van der Waals surface area contributed by atoms with Crippen molar-refractivity contribution in [1.82, 2.24) is 15.6 Å². The van der Waals surface area contributed by atoms with Crippen LogP contribution in [0.5, 0.6) is 0 Å². The minimum absolute atomic E-state index is 0.148. The number of carbonyl (C=O) groups is 3. The van der Waals surface area contributed by atoms with Gasteiger partial charge in [0.05, 0.1) is 0 Å². The third kappa shape index (κ3) is 6.28. The largest absolute Gasteiger partial charge is 0.444 e. The summed E-state index contributed by atoms with van der Waals surface area (Å²) in [6.45, 7) is 0.599. The van der Waals surface area contributed by atoms with Crippen LogP contribution in [-0.4, -0.2) is 29.3 Å². The lowest BCUT2D eigenvalue weighted by molar-refractivity contribution is -0.121. The first-order valence-electron chi connectivity index (χ1n) is 9.12. The van der Waals surface area contributed by atoms with E-state index in [-0.39, 0.29) is 30.5 Å². The highest BCUT2D eigenvalue weighted by Gasteiger charge is 2.12. The number of amides is 3. The van der Waals surface area contributed by atoms with E-state index >= 15 is 0 Å². The minimum Gasteiger partial charge on any atom is -0.444 e. The Morgan fingerprint density at radius 1 is 0.967 bits per heavy atom. The van der Waals surface area contributed by atoms with E-state index in [1.165, 1.54) is 6.07 Å². The molecule has 0 spiro atoms. The Morgan fingerprint density at radius 3 is 2.50 bits per heavy atom. The zero-order chi connectivity index (χ0) is 21.3. The minimum atomic E-state index is -0.427. The van der Waals surface area contributed by atoms with Gasteiger partial charge in [0.25, 0.3) is 11.8 Å². The fraction of sp³-hybridized carbons (Fsp3) is 0.143. The molecule has 154 valence electrons. The first-order valence-corrected chi connectivity index (χ1v) is 9.91. The summed E-state index contributed by atoms with van der Waals surface area (Å²) < 4.78 is 5.65. The summed E-state index contributed by atoms with van der Waals surface area (Å²) in [5.74, 6) is -0.787. The van der Waals surface area contributed by atoms with E-state index in [0.717, 1.165) is 5.56 Å². The van der Waals surface area contributed by atoms with Crippen LogP contribution in [0.2, 0.25) is 0 Å². The lowest BCUT2D eigenvalue weighted by atomic mass is 10.2. The fourth-order valence-corrected chi connectivity index (χ4v) is 2.86. The topological polar surface area (TPSA) is 113 Å². The van der Waals surface area contributed by atoms with E-state index < -0.39 is 5.91 Å². The smallest absolute Gasteiger partial charge is 0.291 e. The van der Waals surface area contributed by atoms with Gasteiger partial charge in [-0.25, -0.2) is 0 Å². The normalized spacial score (nSPS) is 10.3. The average molecular weight is 471 g/mol. The number of benzene rings is 1. The van der Waals surface area contributed by atoms with E-state index in [0.29, 0.717) is 22.5 Å². The summed E-state index contributed by atoms with van der Waals surface area (Å²) in [4.78, 5) is 40.3. The van der Waals surface area contributed by atoms with Crippen molar-refractivity contribution in [3.8, 4) is 0 Å². The molecule has 2 heterocycles. The second-order valence-electron chi connectivity index (χ2n) is 6.28. The maximum atomic E-state index is 12.3. The molecule has 9 heteroatoms. The van der Waals surface area contributed by atoms with Crippen LogP contribution in [0.3, 0.4) is 0 Å². The molecule has 0 aliphatic rings. The number of hydrogen-bond acceptors (Lipinski definition) is 5. The molecular formula is C21H19BrN4O4. The molecule has 3 N–H and O–H groups in total. The SMILES string of the molecule is O=C(CCNC(=O)c1cccc(NC(=O)c2ccc(Br)o2)c1)NCc1ccncc1. The molecule has 0 aliphatic carbocycles. The average Bonchev–Trinajstić information content (AvgIpc) is 3.19. The van der Waals surface area contributed by atoms with Crippen molar-refractivity contribution >= 4 is 39.3 Å². The Kier molecular flexibility index (Phi) is 7.34. The van der Waals surface area contributed by atoms with Gasteiger partial charge < -0.3 is 20.4 Å². The van der Waals surface area contributed by atoms with Crippen molar-refractivity contribution in [2.75, 3.05) is 11.9 Å². The molecule has 0 radical (unpaired) electrons. The van der Waals surface area contributed by atoms with Crippen molar-refractivity contribution in [1.29, 1.82) is 0 Å². The first-order chi connectivity index (χ1) is 14.5. The molecule has 1 aromatic carbocycles. The molecule has 3 amide bonds. The molecule has 30 heavy (non-hydrogen) atoms. The summed E-state index contributed by atoms with van der Waals surface area (Å²) in [5.41, 5.74) is 1.77. The van der Waals surface area contributed by atoms with Crippen LogP contribution >= 0.6 is 15.9 Å². The van der Waals surface area contributed by atoms with Gasteiger partial charge in [0, 0.05) is 43.2 Å².